The van der Waals surface area contributed by atoms with Crippen LogP contribution in [0.5, 0.6) is 0 Å². The lowest BCUT2D eigenvalue weighted by atomic mass is 9.95. The molecule has 6 heteroatoms. The summed E-state index contributed by atoms with van der Waals surface area (Å²) in [5, 5.41) is 9.48. The first-order valence-electron chi connectivity index (χ1n) is 5.12. The zero-order chi connectivity index (χ0) is 14.1. The van der Waals surface area contributed by atoms with Gasteiger partial charge in [-0.15, -0.1) is 0 Å². The molecule has 0 aliphatic rings. The first kappa shape index (κ1) is 14.5. The summed E-state index contributed by atoms with van der Waals surface area (Å²) in [7, 11) is 0.989. The molecule has 1 unspecified atom stereocenters. The molecule has 0 aromatic heterocycles. The van der Waals surface area contributed by atoms with Gasteiger partial charge >= 0.3 is 5.97 Å². The van der Waals surface area contributed by atoms with Gasteiger partial charge in [-0.2, -0.15) is 0 Å². The molecule has 100 valence electrons. The fraction of sp³-hybridized carbons (Fsp3) is 0.417. The number of methoxy groups -OCH3 is 1. The highest BCUT2D eigenvalue weighted by atomic mass is 19.2. The van der Waals surface area contributed by atoms with Crippen molar-refractivity contribution in [3.63, 3.8) is 0 Å². The number of hydrogen-bond donors (Lipinski definition) is 1. The van der Waals surface area contributed by atoms with Gasteiger partial charge in [0.25, 0.3) is 0 Å². The third kappa shape index (κ3) is 2.81. The molecule has 0 spiro atoms. The highest BCUT2D eigenvalue weighted by molar-refractivity contribution is 5.76. The van der Waals surface area contributed by atoms with Gasteiger partial charge in [-0.25, -0.2) is 18.0 Å². The van der Waals surface area contributed by atoms with Crippen LogP contribution in [0.2, 0.25) is 0 Å². The average Bonchev–Trinajstić information content (AvgIpc) is 2.29. The number of carbonyl (C=O) groups excluding carboxylic acids is 1. The number of hydrogen-bond acceptors (Lipinski definition) is 3. The number of aliphatic hydroxyl groups excluding tert-OH is 1. The van der Waals surface area contributed by atoms with Gasteiger partial charge in [-0.05, 0) is 31.5 Å². The average molecular weight is 262 g/mol. The number of aliphatic hydroxyl groups is 1. The predicted molar refractivity (Wildman–Crippen MR) is 57.5 cm³/mol. The van der Waals surface area contributed by atoms with Crippen LogP contribution in [0.3, 0.4) is 0 Å². The summed E-state index contributed by atoms with van der Waals surface area (Å²) < 4.78 is 44.6. The number of esters is 1. The standard InChI is InChI=1S/C12H13F3O3/c1-12(2,15)6-4-7(9(14)8(13)5-6)10(16)11(17)18-3/h4-5,10,16H,1-3H3. The molecular weight excluding hydrogens is 249 g/mol. The van der Waals surface area contributed by atoms with Gasteiger partial charge in [-0.1, -0.05) is 0 Å². The second-order valence-corrected chi connectivity index (χ2v) is 4.26. The molecule has 0 amide bonds. The molecule has 0 saturated carbocycles. The Morgan fingerprint density at radius 2 is 1.94 bits per heavy atom. The Morgan fingerprint density at radius 1 is 1.39 bits per heavy atom. The summed E-state index contributed by atoms with van der Waals surface area (Å²) in [4.78, 5) is 11.1. The molecule has 18 heavy (non-hydrogen) atoms. The maximum absolute atomic E-state index is 13.7. The van der Waals surface area contributed by atoms with E-state index in [9.17, 15) is 23.1 Å². The summed E-state index contributed by atoms with van der Waals surface area (Å²) in [5.41, 5.74) is -2.76. The Labute approximate surface area is 102 Å². The maximum Gasteiger partial charge on any atom is 0.339 e. The van der Waals surface area contributed by atoms with Crippen molar-refractivity contribution >= 4 is 5.97 Å². The molecule has 0 radical (unpaired) electrons. The van der Waals surface area contributed by atoms with Gasteiger partial charge in [0.15, 0.2) is 17.7 Å². The number of alkyl halides is 1. The van der Waals surface area contributed by atoms with E-state index in [0.717, 1.165) is 27.0 Å². The van der Waals surface area contributed by atoms with E-state index in [-0.39, 0.29) is 5.56 Å². The van der Waals surface area contributed by atoms with Crippen molar-refractivity contribution in [1.29, 1.82) is 0 Å². The number of halogens is 3. The fourth-order valence-corrected chi connectivity index (χ4v) is 1.39. The van der Waals surface area contributed by atoms with Crippen LogP contribution < -0.4 is 0 Å². The first-order valence-corrected chi connectivity index (χ1v) is 5.12. The Kier molecular flexibility index (Phi) is 4.01. The molecule has 0 saturated heterocycles. The van der Waals surface area contributed by atoms with E-state index < -0.39 is 34.9 Å². The van der Waals surface area contributed by atoms with Gasteiger partial charge in [0, 0.05) is 5.56 Å². The minimum atomic E-state index is -1.99. The zero-order valence-electron chi connectivity index (χ0n) is 10.1. The van der Waals surface area contributed by atoms with Crippen LogP contribution in [0.4, 0.5) is 13.2 Å². The molecule has 0 aliphatic heterocycles. The Hall–Kier alpha value is -1.56. The van der Waals surface area contributed by atoms with Crippen molar-refractivity contribution in [2.45, 2.75) is 25.6 Å². The van der Waals surface area contributed by atoms with Crippen molar-refractivity contribution < 1.29 is 27.8 Å². The van der Waals surface area contributed by atoms with Gasteiger partial charge in [0.2, 0.25) is 0 Å². The van der Waals surface area contributed by atoms with Crippen LogP contribution in [0.1, 0.15) is 31.1 Å². The highest BCUT2D eigenvalue weighted by Crippen LogP contribution is 2.30. The second-order valence-electron chi connectivity index (χ2n) is 4.26. The molecule has 3 nitrogen and oxygen atoms in total. The predicted octanol–water partition coefficient (Wildman–Crippen LogP) is 2.38. The van der Waals surface area contributed by atoms with Gasteiger partial charge in [-0.3, -0.25) is 0 Å². The van der Waals surface area contributed by atoms with Crippen LogP contribution in [0.15, 0.2) is 12.1 Å². The number of rotatable bonds is 3. The third-order valence-electron chi connectivity index (χ3n) is 2.46. The molecule has 0 aliphatic carbocycles. The van der Waals surface area contributed by atoms with Crippen molar-refractivity contribution in [3.05, 3.63) is 34.9 Å². The second kappa shape index (κ2) is 4.97. The van der Waals surface area contributed by atoms with E-state index >= 15 is 0 Å². The molecular formula is C12H13F3O3. The third-order valence-corrected chi connectivity index (χ3v) is 2.46. The van der Waals surface area contributed by atoms with Crippen LogP contribution in [-0.2, 0) is 15.2 Å². The van der Waals surface area contributed by atoms with Crippen molar-refractivity contribution in [2.24, 2.45) is 0 Å². The quantitative estimate of drug-likeness (QED) is 0.851. The van der Waals surface area contributed by atoms with E-state index in [4.69, 9.17) is 0 Å². The van der Waals surface area contributed by atoms with Gasteiger partial charge < -0.3 is 9.84 Å². The maximum atomic E-state index is 13.7. The Morgan fingerprint density at radius 3 is 2.39 bits per heavy atom. The Bertz CT molecular complexity index is 466. The van der Waals surface area contributed by atoms with Gasteiger partial charge in [0.05, 0.1) is 7.11 Å². The van der Waals surface area contributed by atoms with Crippen molar-refractivity contribution in [3.8, 4) is 0 Å². The first-order chi connectivity index (χ1) is 8.18. The number of carbonyl (C=O) groups is 1. The summed E-state index contributed by atoms with van der Waals surface area (Å²) in [6.07, 6.45) is -1.99. The molecule has 1 N–H and O–H groups in total. The normalized spacial score (nSPS) is 13.3. The fourth-order valence-electron chi connectivity index (χ4n) is 1.39. The molecule has 1 atom stereocenters. The summed E-state index contributed by atoms with van der Waals surface area (Å²) >= 11 is 0. The zero-order valence-corrected chi connectivity index (χ0v) is 10.1. The van der Waals surface area contributed by atoms with E-state index in [0.29, 0.717) is 6.07 Å². The largest absolute Gasteiger partial charge is 0.467 e. The highest BCUT2D eigenvalue weighted by Gasteiger charge is 2.28. The van der Waals surface area contributed by atoms with E-state index in [1.165, 1.54) is 0 Å². The van der Waals surface area contributed by atoms with Crippen LogP contribution >= 0.6 is 0 Å². The minimum Gasteiger partial charge on any atom is -0.467 e. The SMILES string of the molecule is COC(=O)C(O)c1cc(C(C)(C)F)cc(F)c1F. The lowest BCUT2D eigenvalue weighted by Crippen LogP contribution is -2.18. The van der Waals surface area contributed by atoms with Crippen LogP contribution in [0, 0.1) is 11.6 Å². The van der Waals surface area contributed by atoms with E-state index in [1.54, 1.807) is 0 Å². The molecule has 0 heterocycles. The molecule has 1 aromatic carbocycles. The summed E-state index contributed by atoms with van der Waals surface area (Å²) in [6.45, 7) is 2.29. The molecule has 0 fully saturated rings. The van der Waals surface area contributed by atoms with E-state index in [2.05, 4.69) is 4.74 Å². The van der Waals surface area contributed by atoms with Gasteiger partial charge in [0.1, 0.15) is 5.67 Å². The Balaban J connectivity index is 3.35. The van der Waals surface area contributed by atoms with Crippen LogP contribution in [0.25, 0.3) is 0 Å². The smallest absolute Gasteiger partial charge is 0.339 e. The minimum absolute atomic E-state index is 0.181. The number of benzene rings is 1. The lowest BCUT2D eigenvalue weighted by Gasteiger charge is -2.18. The molecule has 1 rings (SSSR count). The topological polar surface area (TPSA) is 46.5 Å². The molecule has 0 bridgehead atoms. The monoisotopic (exact) mass is 262 g/mol. The van der Waals surface area contributed by atoms with E-state index in [1.807, 2.05) is 0 Å². The number of ether oxygens (including phenoxy) is 1. The summed E-state index contributed by atoms with van der Waals surface area (Å²) in [6, 6.07) is 1.59. The lowest BCUT2D eigenvalue weighted by molar-refractivity contribution is -0.150. The molecule has 1 aromatic rings. The van der Waals surface area contributed by atoms with Crippen LogP contribution in [-0.4, -0.2) is 18.2 Å². The van der Waals surface area contributed by atoms with Crippen molar-refractivity contribution in [1.82, 2.24) is 0 Å². The summed E-state index contributed by atoms with van der Waals surface area (Å²) in [5.74, 6) is -3.89. The van der Waals surface area contributed by atoms with Crippen molar-refractivity contribution in [2.75, 3.05) is 7.11 Å².